The first-order chi connectivity index (χ1) is 9.50. The molecule has 1 N–H and O–H groups in total. The van der Waals surface area contributed by atoms with Crippen LogP contribution < -0.4 is 0 Å². The van der Waals surface area contributed by atoms with Gasteiger partial charge in [0.15, 0.2) is 0 Å². The molecule has 1 heterocycles. The van der Waals surface area contributed by atoms with E-state index in [4.69, 9.17) is 0 Å². The molecule has 1 aromatic rings. The molecular weight excluding hydrogens is 250 g/mol. The summed E-state index contributed by atoms with van der Waals surface area (Å²) in [5.41, 5.74) is 0.734. The Hall–Kier alpha value is -1.35. The number of likely N-dealkylation sites (tertiary alicyclic amines) is 1. The van der Waals surface area contributed by atoms with E-state index in [1.807, 2.05) is 19.9 Å². The zero-order valence-corrected chi connectivity index (χ0v) is 12.5. The molecule has 0 spiro atoms. The van der Waals surface area contributed by atoms with Gasteiger partial charge in [0.1, 0.15) is 0 Å². The topological polar surface area (TPSA) is 40.5 Å². The number of carboxylic acids is 1. The van der Waals surface area contributed by atoms with Gasteiger partial charge < -0.3 is 10.0 Å². The minimum Gasteiger partial charge on any atom is -0.481 e. The van der Waals surface area contributed by atoms with Gasteiger partial charge in [0.05, 0.1) is 5.41 Å². The third-order valence-corrected chi connectivity index (χ3v) is 4.64. The van der Waals surface area contributed by atoms with Crippen LogP contribution in [0.4, 0.5) is 0 Å². The molecule has 1 aliphatic heterocycles. The number of carboxylic acid groups (broad SMARTS) is 1. The summed E-state index contributed by atoms with van der Waals surface area (Å²) in [4.78, 5) is 13.8. The molecule has 1 aliphatic rings. The van der Waals surface area contributed by atoms with E-state index in [-0.39, 0.29) is 5.92 Å². The molecule has 1 fully saturated rings. The highest BCUT2D eigenvalue weighted by Crippen LogP contribution is 2.34. The summed E-state index contributed by atoms with van der Waals surface area (Å²) in [6, 6.07) is 10.5. The van der Waals surface area contributed by atoms with Crippen LogP contribution in [0, 0.1) is 11.3 Å². The summed E-state index contributed by atoms with van der Waals surface area (Å²) in [6.45, 7) is 6.75. The van der Waals surface area contributed by atoms with E-state index >= 15 is 0 Å². The van der Waals surface area contributed by atoms with Gasteiger partial charge in [0, 0.05) is 13.1 Å². The van der Waals surface area contributed by atoms with Crippen LogP contribution in [0.15, 0.2) is 30.3 Å². The van der Waals surface area contributed by atoms with Gasteiger partial charge >= 0.3 is 5.97 Å². The van der Waals surface area contributed by atoms with Crippen molar-refractivity contribution in [2.24, 2.45) is 11.3 Å². The molecular formula is C17H25NO2. The van der Waals surface area contributed by atoms with Crippen LogP contribution in [0.1, 0.15) is 32.3 Å². The van der Waals surface area contributed by atoms with Crippen molar-refractivity contribution < 1.29 is 9.90 Å². The first-order valence-electron chi connectivity index (χ1n) is 7.50. The lowest BCUT2D eigenvalue weighted by Gasteiger charge is -2.39. The second-order valence-corrected chi connectivity index (χ2v) is 6.40. The van der Waals surface area contributed by atoms with Crippen molar-refractivity contribution in [2.75, 3.05) is 19.6 Å². The monoisotopic (exact) mass is 275 g/mol. The third kappa shape index (κ3) is 3.60. The first kappa shape index (κ1) is 15.0. The van der Waals surface area contributed by atoms with Crippen LogP contribution in [0.2, 0.25) is 0 Å². The van der Waals surface area contributed by atoms with Crippen molar-refractivity contribution in [3.05, 3.63) is 35.9 Å². The van der Waals surface area contributed by atoms with Gasteiger partial charge in [-0.2, -0.15) is 0 Å². The molecule has 0 aromatic heterocycles. The zero-order valence-electron chi connectivity index (χ0n) is 12.5. The van der Waals surface area contributed by atoms with Crippen molar-refractivity contribution >= 4 is 5.97 Å². The van der Waals surface area contributed by atoms with Crippen LogP contribution in [0.25, 0.3) is 0 Å². The molecule has 2 rings (SSSR count). The molecule has 1 saturated heterocycles. The third-order valence-electron chi connectivity index (χ3n) is 4.64. The van der Waals surface area contributed by atoms with Gasteiger partial charge in [-0.05, 0) is 51.1 Å². The fourth-order valence-electron chi connectivity index (χ4n) is 2.95. The van der Waals surface area contributed by atoms with E-state index in [1.54, 1.807) is 0 Å². The molecule has 1 unspecified atom stereocenters. The van der Waals surface area contributed by atoms with E-state index in [1.165, 1.54) is 5.56 Å². The number of hydrogen-bond acceptors (Lipinski definition) is 2. The minimum atomic E-state index is -0.674. The molecule has 0 bridgehead atoms. The number of aliphatic carboxylic acids is 1. The second-order valence-electron chi connectivity index (χ2n) is 6.40. The highest BCUT2D eigenvalue weighted by molar-refractivity contribution is 5.74. The van der Waals surface area contributed by atoms with E-state index in [0.717, 1.165) is 38.9 Å². The number of rotatable bonds is 5. The number of nitrogens with zero attached hydrogens (tertiary/aromatic N) is 1. The normalized spacial score (nSPS) is 20.8. The molecule has 0 aliphatic carbocycles. The van der Waals surface area contributed by atoms with Crippen molar-refractivity contribution in [1.29, 1.82) is 0 Å². The Morgan fingerprint density at radius 1 is 1.35 bits per heavy atom. The summed E-state index contributed by atoms with van der Waals surface area (Å²) in [6.07, 6.45) is 3.18. The number of hydrogen-bond donors (Lipinski definition) is 1. The fourth-order valence-corrected chi connectivity index (χ4v) is 2.95. The molecule has 3 nitrogen and oxygen atoms in total. The average molecular weight is 275 g/mol. The van der Waals surface area contributed by atoms with Gasteiger partial charge in [-0.15, -0.1) is 0 Å². The highest BCUT2D eigenvalue weighted by Gasteiger charge is 2.38. The van der Waals surface area contributed by atoms with Crippen molar-refractivity contribution in [3.63, 3.8) is 0 Å². The minimum absolute atomic E-state index is 0.254. The lowest BCUT2D eigenvalue weighted by atomic mass is 9.74. The number of piperidine rings is 1. The summed E-state index contributed by atoms with van der Waals surface area (Å²) in [5.74, 6) is -0.420. The Balaban J connectivity index is 1.89. The Bertz CT molecular complexity index is 442. The van der Waals surface area contributed by atoms with Gasteiger partial charge in [-0.1, -0.05) is 30.3 Å². The lowest BCUT2D eigenvalue weighted by Crippen LogP contribution is -2.45. The highest BCUT2D eigenvalue weighted by atomic mass is 16.4. The Morgan fingerprint density at radius 2 is 2.05 bits per heavy atom. The predicted octanol–water partition coefficient (Wildman–Crippen LogP) is 3.05. The van der Waals surface area contributed by atoms with Crippen molar-refractivity contribution in [2.45, 2.75) is 33.1 Å². The van der Waals surface area contributed by atoms with E-state index < -0.39 is 11.4 Å². The largest absolute Gasteiger partial charge is 0.481 e. The second kappa shape index (κ2) is 6.40. The van der Waals surface area contributed by atoms with Gasteiger partial charge in [-0.3, -0.25) is 4.79 Å². The molecule has 0 amide bonds. The summed E-state index contributed by atoms with van der Waals surface area (Å²) < 4.78 is 0. The summed E-state index contributed by atoms with van der Waals surface area (Å²) >= 11 is 0. The fraction of sp³-hybridized carbons (Fsp3) is 0.588. The predicted molar refractivity (Wildman–Crippen MR) is 80.7 cm³/mol. The van der Waals surface area contributed by atoms with E-state index in [2.05, 4.69) is 29.2 Å². The SMILES string of the molecule is CC(C)(C(=O)O)C1CCCN(CCc2ccccc2)C1. The van der Waals surface area contributed by atoms with Crippen LogP contribution in [0.5, 0.6) is 0 Å². The zero-order chi connectivity index (χ0) is 14.6. The molecule has 1 aromatic carbocycles. The number of carbonyl (C=O) groups is 1. The average Bonchev–Trinajstić information content (AvgIpc) is 2.46. The molecule has 0 radical (unpaired) electrons. The quantitative estimate of drug-likeness (QED) is 0.898. The molecule has 1 atom stereocenters. The van der Waals surface area contributed by atoms with Crippen molar-refractivity contribution in [1.82, 2.24) is 4.90 Å². The van der Waals surface area contributed by atoms with Crippen LogP contribution in [-0.4, -0.2) is 35.6 Å². The van der Waals surface area contributed by atoms with E-state index in [9.17, 15) is 9.90 Å². The molecule has 3 heteroatoms. The van der Waals surface area contributed by atoms with Gasteiger partial charge in [-0.25, -0.2) is 0 Å². The summed E-state index contributed by atoms with van der Waals surface area (Å²) in [7, 11) is 0. The standard InChI is InChI=1S/C17H25NO2/c1-17(2,16(19)20)15-9-6-11-18(13-15)12-10-14-7-4-3-5-8-14/h3-5,7-8,15H,6,9-13H2,1-2H3,(H,19,20). The molecule has 110 valence electrons. The van der Waals surface area contributed by atoms with Crippen LogP contribution in [-0.2, 0) is 11.2 Å². The first-order valence-corrected chi connectivity index (χ1v) is 7.50. The Morgan fingerprint density at radius 3 is 2.70 bits per heavy atom. The Kier molecular flexibility index (Phi) is 4.81. The van der Waals surface area contributed by atoms with E-state index in [0.29, 0.717) is 0 Å². The smallest absolute Gasteiger partial charge is 0.309 e. The maximum atomic E-state index is 11.4. The number of benzene rings is 1. The van der Waals surface area contributed by atoms with Crippen LogP contribution >= 0.6 is 0 Å². The molecule has 20 heavy (non-hydrogen) atoms. The van der Waals surface area contributed by atoms with Gasteiger partial charge in [0.25, 0.3) is 0 Å². The maximum Gasteiger partial charge on any atom is 0.309 e. The van der Waals surface area contributed by atoms with Crippen LogP contribution in [0.3, 0.4) is 0 Å². The summed E-state index contributed by atoms with van der Waals surface area (Å²) in [5, 5.41) is 9.37. The Labute approximate surface area is 121 Å². The lowest BCUT2D eigenvalue weighted by molar-refractivity contribution is -0.151. The van der Waals surface area contributed by atoms with Gasteiger partial charge in [0.2, 0.25) is 0 Å². The maximum absolute atomic E-state index is 11.4. The molecule has 0 saturated carbocycles. The van der Waals surface area contributed by atoms with Crippen molar-refractivity contribution in [3.8, 4) is 0 Å².